The van der Waals surface area contributed by atoms with E-state index in [0.29, 0.717) is 13.2 Å². The summed E-state index contributed by atoms with van der Waals surface area (Å²) in [5, 5.41) is 0.358. The molecule has 164 valence electrons. The molecule has 0 saturated carbocycles. The molecule has 0 aromatic heterocycles. The molecular weight excluding hydrogens is 382 g/mol. The number of rotatable bonds is 9. The van der Waals surface area contributed by atoms with Crippen LogP contribution in [0.5, 0.6) is 0 Å². The number of nitrogens with zero attached hydrogens (tertiary/aromatic N) is 1. The van der Waals surface area contributed by atoms with Crippen molar-refractivity contribution >= 4 is 22.5 Å². The monoisotopic (exact) mass is 427 g/mol. The summed E-state index contributed by atoms with van der Waals surface area (Å²) in [4.78, 5) is 14.9. The molecular formula is C22H45NO3Si2. The quantitative estimate of drug-likeness (QED) is 0.413. The van der Waals surface area contributed by atoms with Gasteiger partial charge in [-0.1, -0.05) is 48.1 Å². The maximum atomic E-state index is 13.1. The summed E-state index contributed by atoms with van der Waals surface area (Å²) in [5.74, 6) is 0.195. The lowest BCUT2D eigenvalue weighted by Crippen LogP contribution is -2.44. The van der Waals surface area contributed by atoms with E-state index < -0.39 is 16.6 Å². The highest BCUT2D eigenvalue weighted by atomic mass is 28.4. The van der Waals surface area contributed by atoms with Crippen LogP contribution in [0.3, 0.4) is 0 Å². The Morgan fingerprint density at radius 3 is 1.64 bits per heavy atom. The minimum atomic E-state index is -1.81. The third-order valence-electron chi connectivity index (χ3n) is 7.47. The highest BCUT2D eigenvalue weighted by Gasteiger charge is 2.47. The Morgan fingerprint density at radius 2 is 1.36 bits per heavy atom. The van der Waals surface area contributed by atoms with Gasteiger partial charge in [-0.05, 0) is 61.7 Å². The molecule has 0 bridgehead atoms. The fraction of sp³-hybridized carbons (Fsp3) is 0.864. The van der Waals surface area contributed by atoms with Crippen LogP contribution in [-0.2, 0) is 13.6 Å². The normalized spacial score (nSPS) is 18.6. The molecule has 0 N–H and O–H groups in total. The predicted molar refractivity (Wildman–Crippen MR) is 124 cm³/mol. The summed E-state index contributed by atoms with van der Waals surface area (Å²) >= 11 is 0. The molecule has 0 radical (unpaired) electrons. The molecule has 1 saturated heterocycles. The molecule has 0 aromatic carbocycles. The van der Waals surface area contributed by atoms with Gasteiger partial charge in [0.2, 0.25) is 5.91 Å². The Bertz CT molecular complexity index is 527. The van der Waals surface area contributed by atoms with Crippen molar-refractivity contribution in [3.63, 3.8) is 0 Å². The number of carbonyl (C=O) groups is 1. The van der Waals surface area contributed by atoms with E-state index in [1.807, 2.05) is 0 Å². The van der Waals surface area contributed by atoms with E-state index in [1.165, 1.54) is 0 Å². The minimum Gasteiger partial charge on any atom is -0.417 e. The Balaban J connectivity index is 2.83. The van der Waals surface area contributed by atoms with Crippen LogP contribution < -0.4 is 0 Å². The molecule has 0 aromatic rings. The van der Waals surface area contributed by atoms with E-state index in [-0.39, 0.29) is 21.4 Å². The number of carbonyl (C=O) groups excluding carboxylic acids is 1. The molecule has 28 heavy (non-hydrogen) atoms. The highest BCUT2D eigenvalue weighted by Crippen LogP contribution is 2.42. The Hall–Kier alpha value is -0.436. The lowest BCUT2D eigenvalue weighted by atomic mass is 9.80. The van der Waals surface area contributed by atoms with E-state index in [0.717, 1.165) is 25.8 Å². The van der Waals surface area contributed by atoms with Gasteiger partial charge in [-0.2, -0.15) is 0 Å². The van der Waals surface area contributed by atoms with Crippen LogP contribution in [0, 0.1) is 5.41 Å². The number of amides is 1. The van der Waals surface area contributed by atoms with E-state index in [9.17, 15) is 4.79 Å². The summed E-state index contributed by atoms with van der Waals surface area (Å²) in [7, 11) is -3.63. The molecule has 0 unspecified atom stereocenters. The Labute approximate surface area is 176 Å². The SMILES string of the molecule is C=CN1CCC(CCO[Si](C)(C)C(C)(C)C)(CCO[Si](C)(C)C(C)(C)C)C1=O. The van der Waals surface area contributed by atoms with Crippen molar-refractivity contribution in [2.75, 3.05) is 19.8 Å². The number of hydrogen-bond acceptors (Lipinski definition) is 3. The van der Waals surface area contributed by atoms with Crippen LogP contribution in [0.4, 0.5) is 0 Å². The maximum absolute atomic E-state index is 13.1. The fourth-order valence-electron chi connectivity index (χ4n) is 3.05. The first-order chi connectivity index (χ1) is 12.5. The Kier molecular flexibility index (Phi) is 7.99. The molecule has 0 atom stereocenters. The highest BCUT2D eigenvalue weighted by molar-refractivity contribution is 6.74. The fourth-order valence-corrected chi connectivity index (χ4v) is 5.14. The van der Waals surface area contributed by atoms with Crippen molar-refractivity contribution in [1.29, 1.82) is 0 Å². The van der Waals surface area contributed by atoms with Crippen molar-refractivity contribution < 1.29 is 13.6 Å². The largest absolute Gasteiger partial charge is 0.417 e. The first-order valence-corrected chi connectivity index (χ1v) is 16.5. The van der Waals surface area contributed by atoms with Gasteiger partial charge in [0.25, 0.3) is 0 Å². The summed E-state index contributed by atoms with van der Waals surface area (Å²) < 4.78 is 12.8. The van der Waals surface area contributed by atoms with Gasteiger partial charge < -0.3 is 13.8 Å². The molecule has 1 aliphatic heterocycles. The molecule has 1 fully saturated rings. The van der Waals surface area contributed by atoms with E-state index in [1.54, 1.807) is 11.1 Å². The average molecular weight is 428 g/mol. The maximum Gasteiger partial charge on any atom is 0.232 e. The summed E-state index contributed by atoms with van der Waals surface area (Å²) in [6.07, 6.45) is 4.07. The van der Waals surface area contributed by atoms with Gasteiger partial charge in [-0.15, -0.1) is 0 Å². The van der Waals surface area contributed by atoms with Gasteiger partial charge in [0.05, 0.1) is 5.41 Å². The average Bonchev–Trinajstić information content (AvgIpc) is 2.81. The Morgan fingerprint density at radius 1 is 0.964 bits per heavy atom. The van der Waals surface area contributed by atoms with E-state index >= 15 is 0 Å². The summed E-state index contributed by atoms with van der Waals surface area (Å²) in [6, 6.07) is 0. The third-order valence-corrected chi connectivity index (χ3v) is 16.5. The zero-order chi connectivity index (χ0) is 22.0. The zero-order valence-corrected chi connectivity index (χ0v) is 22.2. The summed E-state index contributed by atoms with van der Waals surface area (Å²) in [6.45, 7) is 28.5. The molecule has 0 aliphatic carbocycles. The number of hydrogen-bond donors (Lipinski definition) is 0. The van der Waals surface area contributed by atoms with Crippen LogP contribution in [0.15, 0.2) is 12.8 Å². The second-order valence-electron chi connectivity index (χ2n) is 11.4. The second-order valence-corrected chi connectivity index (χ2v) is 21.0. The lowest BCUT2D eigenvalue weighted by Gasteiger charge is -2.38. The van der Waals surface area contributed by atoms with Crippen LogP contribution >= 0.6 is 0 Å². The second kappa shape index (κ2) is 8.74. The van der Waals surface area contributed by atoms with Crippen LogP contribution in [0.2, 0.25) is 36.3 Å². The van der Waals surface area contributed by atoms with Crippen molar-refractivity contribution in [3.8, 4) is 0 Å². The van der Waals surface area contributed by atoms with Crippen molar-refractivity contribution in [3.05, 3.63) is 12.8 Å². The van der Waals surface area contributed by atoms with Crippen molar-refractivity contribution in [2.24, 2.45) is 5.41 Å². The topological polar surface area (TPSA) is 38.8 Å². The number of likely N-dealkylation sites (tertiary alicyclic amines) is 1. The van der Waals surface area contributed by atoms with Crippen molar-refractivity contribution in [1.82, 2.24) is 4.90 Å². The van der Waals surface area contributed by atoms with Gasteiger partial charge >= 0.3 is 0 Å². The van der Waals surface area contributed by atoms with Crippen LogP contribution in [0.25, 0.3) is 0 Å². The molecule has 4 nitrogen and oxygen atoms in total. The van der Waals surface area contributed by atoms with Crippen LogP contribution in [-0.4, -0.2) is 47.2 Å². The molecule has 1 amide bonds. The van der Waals surface area contributed by atoms with Gasteiger partial charge in [0.1, 0.15) is 0 Å². The van der Waals surface area contributed by atoms with E-state index in [2.05, 4.69) is 74.3 Å². The van der Waals surface area contributed by atoms with Crippen molar-refractivity contribution in [2.45, 2.75) is 97.1 Å². The van der Waals surface area contributed by atoms with Gasteiger partial charge in [-0.25, -0.2) is 0 Å². The third kappa shape index (κ3) is 5.80. The lowest BCUT2D eigenvalue weighted by molar-refractivity contribution is -0.135. The first-order valence-electron chi connectivity index (χ1n) is 10.7. The molecule has 1 heterocycles. The first kappa shape index (κ1) is 25.6. The van der Waals surface area contributed by atoms with Gasteiger partial charge in [-0.3, -0.25) is 4.79 Å². The smallest absolute Gasteiger partial charge is 0.232 e. The van der Waals surface area contributed by atoms with Gasteiger partial charge in [0, 0.05) is 19.8 Å². The van der Waals surface area contributed by atoms with Crippen LogP contribution in [0.1, 0.15) is 60.8 Å². The standard InChI is InChI=1S/C22H45NO3Si2/c1-12-23-16-13-22(19(23)24,14-17-25-27(8,9)20(2,3)4)15-18-26-28(10,11)21(5,6)7/h12H,1,13-18H2,2-11H3. The minimum absolute atomic E-state index is 0.179. The molecule has 1 aliphatic rings. The molecule has 1 rings (SSSR count). The summed E-state index contributed by atoms with van der Waals surface area (Å²) in [5.41, 5.74) is -0.376. The predicted octanol–water partition coefficient (Wildman–Crippen LogP) is 6.17. The van der Waals surface area contributed by atoms with E-state index in [4.69, 9.17) is 8.85 Å². The molecule has 0 spiro atoms. The zero-order valence-electron chi connectivity index (χ0n) is 20.2. The van der Waals surface area contributed by atoms with Gasteiger partial charge in [0.15, 0.2) is 16.6 Å². The molecule has 6 heteroatoms.